The van der Waals surface area contributed by atoms with Gasteiger partial charge in [0.05, 0.1) is 25.4 Å². The molecule has 3 aliphatic heterocycles. The van der Waals surface area contributed by atoms with E-state index in [1.165, 1.54) is 30.3 Å². The number of ether oxygens (including phenoxy) is 5. The Morgan fingerprint density at radius 3 is 2.56 bits per heavy atom. The number of phenols is 3. The van der Waals surface area contributed by atoms with Crippen molar-refractivity contribution in [2.24, 2.45) is 5.92 Å². The van der Waals surface area contributed by atoms with Gasteiger partial charge in [0.2, 0.25) is 12.6 Å². The first-order valence-electron chi connectivity index (χ1n) is 13.2. The molecule has 3 unspecified atom stereocenters. The molecule has 43 heavy (non-hydrogen) atoms. The highest BCUT2D eigenvalue weighted by Crippen LogP contribution is 2.43. The van der Waals surface area contributed by atoms with Crippen LogP contribution in [0.5, 0.6) is 17.2 Å². The molecule has 3 heterocycles. The second-order valence-corrected chi connectivity index (χ2v) is 10.3. The Morgan fingerprint density at radius 1 is 1.09 bits per heavy atom. The number of carbonyl (C=O) groups excluding carboxylic acids is 2. The zero-order chi connectivity index (χ0) is 31.1. The lowest BCUT2D eigenvalue weighted by Crippen LogP contribution is -2.62. The Labute approximate surface area is 244 Å². The summed E-state index contributed by atoms with van der Waals surface area (Å²) in [6.45, 7) is 2.83. The Morgan fingerprint density at radius 2 is 1.86 bits per heavy atom. The van der Waals surface area contributed by atoms with Gasteiger partial charge in [-0.25, -0.2) is 9.59 Å². The van der Waals surface area contributed by atoms with Crippen molar-refractivity contribution < 1.29 is 69.0 Å². The number of hydrogen-bond donors (Lipinski definition) is 7. The third kappa shape index (κ3) is 5.51. The predicted molar refractivity (Wildman–Crippen MR) is 142 cm³/mol. The smallest absolute Gasteiger partial charge is 0.343 e. The normalized spacial score (nSPS) is 32.0. The topological polar surface area (TPSA) is 222 Å². The monoisotopic (exact) mass is 602 g/mol. The van der Waals surface area contributed by atoms with Gasteiger partial charge >= 0.3 is 11.9 Å². The lowest BCUT2D eigenvalue weighted by atomic mass is 9.76. The van der Waals surface area contributed by atoms with E-state index in [1.807, 2.05) is 0 Å². The fourth-order valence-corrected chi connectivity index (χ4v) is 5.39. The molecule has 230 valence electrons. The number of fused-ring (bicyclic) bond motifs is 1. The molecule has 8 atom stereocenters. The van der Waals surface area contributed by atoms with E-state index in [0.717, 1.165) is 18.4 Å². The van der Waals surface area contributed by atoms with Gasteiger partial charge in [-0.2, -0.15) is 0 Å². The summed E-state index contributed by atoms with van der Waals surface area (Å²) in [5.74, 6) is -4.40. The van der Waals surface area contributed by atoms with Crippen LogP contribution >= 0.6 is 0 Å². The van der Waals surface area contributed by atoms with Gasteiger partial charge in [-0.1, -0.05) is 18.2 Å². The first-order valence-corrected chi connectivity index (χ1v) is 13.2. The highest BCUT2D eigenvalue weighted by atomic mass is 16.8. The van der Waals surface area contributed by atoms with Crippen molar-refractivity contribution in [3.63, 3.8) is 0 Å². The highest BCUT2D eigenvalue weighted by Gasteiger charge is 2.55. The Balaban J connectivity index is 1.48. The summed E-state index contributed by atoms with van der Waals surface area (Å²) in [4.78, 5) is 25.8. The molecule has 2 aromatic carbocycles. The van der Waals surface area contributed by atoms with Crippen LogP contribution in [0, 0.1) is 5.92 Å². The number of esters is 2. The van der Waals surface area contributed by atoms with Crippen LogP contribution in [-0.4, -0.2) is 103 Å². The van der Waals surface area contributed by atoms with Gasteiger partial charge in [0.25, 0.3) is 0 Å². The molecule has 0 saturated carbocycles. The van der Waals surface area contributed by atoms with Crippen molar-refractivity contribution in [2.75, 3.05) is 13.2 Å². The molecule has 7 N–H and O–H groups in total. The van der Waals surface area contributed by atoms with Crippen LogP contribution in [0.3, 0.4) is 0 Å². The van der Waals surface area contributed by atoms with Crippen molar-refractivity contribution >= 4 is 11.9 Å². The summed E-state index contributed by atoms with van der Waals surface area (Å²) in [5, 5.41) is 73.2. The van der Waals surface area contributed by atoms with E-state index in [9.17, 15) is 45.3 Å². The standard InChI is InChI=1S/C29H30O14/c1-2-17-27(40-12-18-25(36)39-7-6-29(17,18)38)43-28-24(23(35)22(34)20(11-30)41-28)42-26(37)21-16(9-15(32)10-19(21)33)13-4-3-5-14(31)8-13/h2-5,8-10,12,17,20,22-24,27-28,30-35,38H,1,6-7,11H2/t17?,20-,22-,23-,24-,27?,28+,29?/m1/s1. The molecule has 3 aliphatic rings. The van der Waals surface area contributed by atoms with E-state index in [4.69, 9.17) is 23.7 Å². The van der Waals surface area contributed by atoms with Crippen molar-refractivity contribution in [1.29, 1.82) is 0 Å². The van der Waals surface area contributed by atoms with Gasteiger partial charge in [0, 0.05) is 18.1 Å². The molecular weight excluding hydrogens is 572 g/mol. The van der Waals surface area contributed by atoms with E-state index in [2.05, 4.69) is 6.58 Å². The van der Waals surface area contributed by atoms with Crippen LogP contribution in [-0.2, 0) is 28.5 Å². The van der Waals surface area contributed by atoms with E-state index < -0.39 is 84.1 Å². The Bertz CT molecular complexity index is 1440. The number of hydrogen-bond acceptors (Lipinski definition) is 14. The Hall–Kier alpha value is -4.18. The van der Waals surface area contributed by atoms with Gasteiger partial charge in [-0.15, -0.1) is 6.58 Å². The molecule has 0 amide bonds. The van der Waals surface area contributed by atoms with Crippen LogP contribution in [0.25, 0.3) is 11.1 Å². The number of rotatable bonds is 7. The zero-order valence-electron chi connectivity index (χ0n) is 22.5. The van der Waals surface area contributed by atoms with Crippen molar-refractivity contribution in [1.82, 2.24) is 0 Å². The first-order chi connectivity index (χ1) is 20.5. The lowest BCUT2D eigenvalue weighted by molar-refractivity contribution is -0.343. The average Bonchev–Trinajstić information content (AvgIpc) is 2.96. The maximum absolute atomic E-state index is 13.5. The van der Waals surface area contributed by atoms with Crippen LogP contribution in [0.2, 0.25) is 0 Å². The molecule has 14 nitrogen and oxygen atoms in total. The molecule has 0 bridgehead atoms. The number of aliphatic hydroxyl groups excluding tert-OH is 3. The van der Waals surface area contributed by atoms with Gasteiger partial charge in [0.15, 0.2) is 6.10 Å². The molecule has 2 saturated heterocycles. The Kier molecular flexibility index (Phi) is 8.34. The van der Waals surface area contributed by atoms with Crippen molar-refractivity contribution in [3.05, 3.63) is 66.5 Å². The van der Waals surface area contributed by atoms with Gasteiger partial charge in [-0.3, -0.25) is 0 Å². The quantitative estimate of drug-likeness (QED) is 0.166. The average molecular weight is 603 g/mol. The molecule has 0 aliphatic carbocycles. The van der Waals surface area contributed by atoms with E-state index in [0.29, 0.717) is 0 Å². The number of carbonyl (C=O) groups is 2. The summed E-state index contributed by atoms with van der Waals surface area (Å²) in [7, 11) is 0. The minimum absolute atomic E-state index is 0.0209. The number of benzene rings is 2. The maximum Gasteiger partial charge on any atom is 0.343 e. The highest BCUT2D eigenvalue weighted by molar-refractivity contribution is 6.00. The lowest BCUT2D eigenvalue weighted by Gasteiger charge is -2.47. The largest absolute Gasteiger partial charge is 0.508 e. The molecule has 14 heteroatoms. The van der Waals surface area contributed by atoms with E-state index in [1.54, 1.807) is 0 Å². The second-order valence-electron chi connectivity index (χ2n) is 10.3. The molecule has 2 fully saturated rings. The van der Waals surface area contributed by atoms with Gasteiger partial charge in [-0.05, 0) is 23.8 Å². The van der Waals surface area contributed by atoms with Gasteiger partial charge < -0.3 is 59.4 Å². The summed E-state index contributed by atoms with van der Waals surface area (Å²) in [6.07, 6.45) is -7.79. The number of aromatic hydroxyl groups is 3. The van der Waals surface area contributed by atoms with Crippen LogP contribution < -0.4 is 0 Å². The summed E-state index contributed by atoms with van der Waals surface area (Å²) in [6, 6.07) is 7.63. The minimum atomic E-state index is -1.90. The molecule has 5 rings (SSSR count). The van der Waals surface area contributed by atoms with Gasteiger partial charge in [0.1, 0.15) is 52.3 Å². The predicted octanol–water partition coefficient (Wildman–Crippen LogP) is 0.172. The number of phenolic OH excluding ortho intramolecular Hbond substituents is 3. The van der Waals surface area contributed by atoms with E-state index >= 15 is 0 Å². The molecule has 0 aromatic heterocycles. The van der Waals surface area contributed by atoms with E-state index in [-0.39, 0.29) is 35.5 Å². The summed E-state index contributed by atoms with van der Waals surface area (Å²) in [5.41, 5.74) is -2.25. The molecule has 0 radical (unpaired) electrons. The molecule has 2 aromatic rings. The third-order valence-electron chi connectivity index (χ3n) is 7.62. The fourth-order valence-electron chi connectivity index (χ4n) is 5.39. The SMILES string of the molecule is C=CC1C(O[C@@H]2O[C@H](CO)[C@@H](O)[C@@H](O)[C@H]2OC(=O)c2c(O)cc(O)cc2-c2cccc(O)c2)OC=C2C(=O)OCCC21O. The third-order valence-corrected chi connectivity index (χ3v) is 7.62. The molecule has 0 spiro atoms. The maximum atomic E-state index is 13.5. The van der Waals surface area contributed by atoms with Crippen molar-refractivity contribution in [3.8, 4) is 28.4 Å². The molecular formula is C29H30O14. The zero-order valence-corrected chi connectivity index (χ0v) is 22.5. The minimum Gasteiger partial charge on any atom is -0.508 e. The van der Waals surface area contributed by atoms with Crippen LogP contribution in [0.15, 0.2) is 60.9 Å². The summed E-state index contributed by atoms with van der Waals surface area (Å²) < 4.78 is 27.6. The van der Waals surface area contributed by atoms with Crippen molar-refractivity contribution in [2.45, 2.75) is 49.0 Å². The summed E-state index contributed by atoms with van der Waals surface area (Å²) >= 11 is 0. The second kappa shape index (κ2) is 11.8. The first kappa shape index (κ1) is 30.3. The van der Waals surface area contributed by atoms with Crippen LogP contribution in [0.4, 0.5) is 0 Å². The number of cyclic esters (lactones) is 1. The fraction of sp³-hybridized carbons (Fsp3) is 0.379. The number of aliphatic hydroxyl groups is 4. The van der Waals surface area contributed by atoms with Crippen LogP contribution in [0.1, 0.15) is 16.8 Å².